The summed E-state index contributed by atoms with van der Waals surface area (Å²) in [6.45, 7) is 3.83. The van der Waals surface area contributed by atoms with Gasteiger partial charge >= 0.3 is 0 Å². The molecular weight excluding hydrogens is 486 g/mol. The number of ether oxygens (including phenoxy) is 3. The van der Waals surface area contributed by atoms with Crippen molar-refractivity contribution in [2.75, 3.05) is 35.8 Å². The van der Waals surface area contributed by atoms with Crippen LogP contribution < -0.4 is 29.7 Å². The van der Waals surface area contributed by atoms with Crippen LogP contribution in [0.15, 0.2) is 72.8 Å². The Balaban J connectivity index is 1.47. The third kappa shape index (κ3) is 6.31. The SMILES string of the molecule is CCOc1ccc(/C=C/C(=O)Nc2ccc3c(c2)N(CC(=O)Nc2ccccc2)C(=O)C(C)O3)cc1OC. The highest BCUT2D eigenvalue weighted by atomic mass is 16.5. The monoisotopic (exact) mass is 515 g/mol. The Morgan fingerprint density at radius 2 is 1.79 bits per heavy atom. The van der Waals surface area contributed by atoms with E-state index in [1.165, 1.54) is 11.0 Å². The van der Waals surface area contributed by atoms with Gasteiger partial charge in [-0.2, -0.15) is 0 Å². The van der Waals surface area contributed by atoms with Gasteiger partial charge in [-0.15, -0.1) is 0 Å². The smallest absolute Gasteiger partial charge is 0.268 e. The molecule has 0 spiro atoms. The first-order valence-corrected chi connectivity index (χ1v) is 12.1. The first-order chi connectivity index (χ1) is 18.4. The molecule has 1 aliphatic rings. The number of fused-ring (bicyclic) bond motifs is 1. The van der Waals surface area contributed by atoms with Crippen molar-refractivity contribution < 1.29 is 28.6 Å². The molecule has 38 heavy (non-hydrogen) atoms. The molecule has 1 atom stereocenters. The van der Waals surface area contributed by atoms with E-state index in [4.69, 9.17) is 14.2 Å². The van der Waals surface area contributed by atoms with Crippen molar-refractivity contribution in [3.63, 3.8) is 0 Å². The molecule has 1 heterocycles. The van der Waals surface area contributed by atoms with Gasteiger partial charge in [0.25, 0.3) is 5.91 Å². The molecule has 3 aromatic carbocycles. The molecular formula is C29H29N3O6. The number of nitrogens with one attached hydrogen (secondary N) is 2. The first kappa shape index (κ1) is 26.3. The fraction of sp³-hybridized carbons (Fsp3) is 0.207. The Kier molecular flexibility index (Phi) is 8.27. The summed E-state index contributed by atoms with van der Waals surface area (Å²) in [7, 11) is 1.55. The first-order valence-electron chi connectivity index (χ1n) is 12.1. The van der Waals surface area contributed by atoms with Gasteiger partial charge in [0.05, 0.1) is 19.4 Å². The molecule has 1 aliphatic heterocycles. The molecule has 0 aliphatic carbocycles. The Labute approximate surface area is 221 Å². The zero-order valence-electron chi connectivity index (χ0n) is 21.4. The molecule has 0 bridgehead atoms. The third-order valence-electron chi connectivity index (χ3n) is 5.71. The number of methoxy groups -OCH3 is 1. The number of hydrogen-bond acceptors (Lipinski definition) is 6. The van der Waals surface area contributed by atoms with E-state index >= 15 is 0 Å². The summed E-state index contributed by atoms with van der Waals surface area (Å²) >= 11 is 0. The molecule has 0 radical (unpaired) electrons. The van der Waals surface area contributed by atoms with Crippen LogP contribution in [0.1, 0.15) is 19.4 Å². The number of carbonyl (C=O) groups excluding carboxylic acids is 3. The average Bonchev–Trinajstić information content (AvgIpc) is 2.91. The van der Waals surface area contributed by atoms with Gasteiger partial charge in [0.2, 0.25) is 11.8 Å². The number of para-hydroxylation sites is 1. The highest BCUT2D eigenvalue weighted by Crippen LogP contribution is 2.36. The second kappa shape index (κ2) is 12.0. The highest BCUT2D eigenvalue weighted by Gasteiger charge is 2.33. The van der Waals surface area contributed by atoms with Crippen LogP contribution in [0.3, 0.4) is 0 Å². The van der Waals surface area contributed by atoms with E-state index in [1.54, 1.807) is 62.6 Å². The van der Waals surface area contributed by atoms with Crippen molar-refractivity contribution in [3.8, 4) is 17.2 Å². The van der Waals surface area contributed by atoms with Crippen molar-refractivity contribution in [1.82, 2.24) is 0 Å². The number of benzene rings is 3. The van der Waals surface area contributed by atoms with Gasteiger partial charge < -0.3 is 24.8 Å². The van der Waals surface area contributed by atoms with Crippen LogP contribution in [0.5, 0.6) is 17.2 Å². The standard InChI is InChI=1S/C29H29N3O6/c1-4-37-25-13-10-20(16-26(25)36-3)11-15-27(33)31-22-12-14-24-23(17-22)32(29(35)19(2)38-24)18-28(34)30-21-8-6-5-7-9-21/h5-17,19H,4,18H2,1-3H3,(H,30,34)(H,31,33)/b15-11+. The van der Waals surface area contributed by atoms with Crippen LogP contribution >= 0.6 is 0 Å². The lowest BCUT2D eigenvalue weighted by atomic mass is 10.1. The maximum atomic E-state index is 12.9. The quantitative estimate of drug-likeness (QED) is 0.407. The molecule has 0 saturated heterocycles. The van der Waals surface area contributed by atoms with E-state index in [9.17, 15) is 14.4 Å². The van der Waals surface area contributed by atoms with E-state index in [2.05, 4.69) is 10.6 Å². The summed E-state index contributed by atoms with van der Waals surface area (Å²) in [6.07, 6.45) is 2.30. The van der Waals surface area contributed by atoms with Crippen LogP contribution in [-0.2, 0) is 14.4 Å². The van der Waals surface area contributed by atoms with Crippen LogP contribution in [0.2, 0.25) is 0 Å². The summed E-state index contributed by atoms with van der Waals surface area (Å²) < 4.78 is 16.6. The molecule has 0 aromatic heterocycles. The predicted molar refractivity (Wildman–Crippen MR) is 146 cm³/mol. The summed E-state index contributed by atoms with van der Waals surface area (Å²) in [5.41, 5.74) is 2.23. The molecule has 9 nitrogen and oxygen atoms in total. The Hall–Kier alpha value is -4.79. The van der Waals surface area contributed by atoms with Crippen LogP contribution in [0, 0.1) is 0 Å². The van der Waals surface area contributed by atoms with E-state index in [-0.39, 0.29) is 24.3 Å². The van der Waals surface area contributed by atoms with Crippen molar-refractivity contribution in [3.05, 3.63) is 78.4 Å². The number of amides is 3. The summed E-state index contributed by atoms with van der Waals surface area (Å²) in [6, 6.07) is 19.3. The topological polar surface area (TPSA) is 106 Å². The van der Waals surface area contributed by atoms with Crippen LogP contribution in [0.4, 0.5) is 17.1 Å². The number of carbonyl (C=O) groups is 3. The minimum atomic E-state index is -0.749. The number of anilines is 3. The minimum absolute atomic E-state index is 0.203. The number of rotatable bonds is 9. The zero-order chi connectivity index (χ0) is 27.1. The Morgan fingerprint density at radius 3 is 2.53 bits per heavy atom. The lowest BCUT2D eigenvalue weighted by molar-refractivity contribution is -0.127. The molecule has 196 valence electrons. The molecule has 2 N–H and O–H groups in total. The van der Waals surface area contributed by atoms with Gasteiger partial charge in [0.15, 0.2) is 17.6 Å². The maximum Gasteiger partial charge on any atom is 0.268 e. The van der Waals surface area contributed by atoms with Crippen molar-refractivity contribution in [2.45, 2.75) is 20.0 Å². The molecule has 3 aromatic rings. The molecule has 9 heteroatoms. The third-order valence-corrected chi connectivity index (χ3v) is 5.71. The number of hydrogen-bond donors (Lipinski definition) is 2. The van der Waals surface area contributed by atoms with Crippen LogP contribution in [-0.4, -0.2) is 44.1 Å². The Bertz CT molecular complexity index is 1360. The maximum absolute atomic E-state index is 12.9. The van der Waals surface area contributed by atoms with Crippen molar-refractivity contribution >= 4 is 40.9 Å². The van der Waals surface area contributed by atoms with E-state index in [1.807, 2.05) is 31.2 Å². The number of nitrogens with zero attached hydrogens (tertiary/aromatic N) is 1. The summed E-state index contributed by atoms with van der Waals surface area (Å²) in [5.74, 6) is 0.557. The van der Waals surface area contributed by atoms with Gasteiger partial charge in [-0.1, -0.05) is 24.3 Å². The lowest BCUT2D eigenvalue weighted by Gasteiger charge is -2.32. The van der Waals surface area contributed by atoms with E-state index < -0.39 is 6.10 Å². The fourth-order valence-electron chi connectivity index (χ4n) is 3.93. The van der Waals surface area contributed by atoms with Crippen molar-refractivity contribution in [2.24, 2.45) is 0 Å². The summed E-state index contributed by atoms with van der Waals surface area (Å²) in [5, 5.41) is 5.57. The largest absolute Gasteiger partial charge is 0.493 e. The van der Waals surface area contributed by atoms with Gasteiger partial charge in [-0.3, -0.25) is 19.3 Å². The molecule has 3 amide bonds. The molecule has 0 fully saturated rings. The summed E-state index contributed by atoms with van der Waals surface area (Å²) in [4.78, 5) is 39.6. The van der Waals surface area contributed by atoms with Gasteiger partial charge in [-0.25, -0.2) is 0 Å². The Morgan fingerprint density at radius 1 is 1.00 bits per heavy atom. The van der Waals surface area contributed by atoms with Crippen molar-refractivity contribution in [1.29, 1.82) is 0 Å². The zero-order valence-corrected chi connectivity index (χ0v) is 21.4. The lowest BCUT2D eigenvalue weighted by Crippen LogP contribution is -2.47. The van der Waals surface area contributed by atoms with Crippen LogP contribution in [0.25, 0.3) is 6.08 Å². The normalized spacial score (nSPS) is 14.4. The minimum Gasteiger partial charge on any atom is -0.493 e. The van der Waals surface area contributed by atoms with Gasteiger partial charge in [-0.05, 0) is 68.0 Å². The average molecular weight is 516 g/mol. The second-order valence-electron chi connectivity index (χ2n) is 8.45. The highest BCUT2D eigenvalue weighted by molar-refractivity contribution is 6.07. The predicted octanol–water partition coefficient (Wildman–Crippen LogP) is 4.50. The van der Waals surface area contributed by atoms with Gasteiger partial charge in [0.1, 0.15) is 12.3 Å². The molecule has 4 rings (SSSR count). The van der Waals surface area contributed by atoms with E-state index in [0.29, 0.717) is 40.9 Å². The molecule has 0 saturated carbocycles. The van der Waals surface area contributed by atoms with Gasteiger partial charge in [0, 0.05) is 17.5 Å². The fourth-order valence-corrected chi connectivity index (χ4v) is 3.93. The van der Waals surface area contributed by atoms with E-state index in [0.717, 1.165) is 5.56 Å². The second-order valence-corrected chi connectivity index (χ2v) is 8.45. The molecule has 1 unspecified atom stereocenters.